The molecule has 32 heavy (non-hydrogen) atoms. The summed E-state index contributed by atoms with van der Waals surface area (Å²) in [7, 11) is 1.89. The number of nitrogens with zero attached hydrogens (tertiary/aromatic N) is 3. The quantitative estimate of drug-likeness (QED) is 0.564. The molecule has 2 atom stereocenters. The molecule has 6 nitrogen and oxygen atoms in total. The average Bonchev–Trinajstić information content (AvgIpc) is 2.83. The van der Waals surface area contributed by atoms with E-state index in [1.54, 1.807) is 30.5 Å². The second-order valence-electron chi connectivity index (χ2n) is 8.05. The van der Waals surface area contributed by atoms with Crippen LogP contribution >= 0.6 is 11.6 Å². The number of anilines is 3. The number of rotatable bonds is 6. The van der Waals surface area contributed by atoms with Gasteiger partial charge in [-0.2, -0.15) is 9.78 Å². The van der Waals surface area contributed by atoms with E-state index in [1.807, 2.05) is 24.1 Å². The summed E-state index contributed by atoms with van der Waals surface area (Å²) < 4.78 is 20.0. The SMILES string of the molecule is C[C@H](Nc1cnn(-c2ccc(N(C)c3ccc(F)cc3)cc2)c(=O)c1Cl)[C@H]1CCCOC1. The third-order valence-electron chi connectivity index (χ3n) is 5.90. The number of hydrogen-bond acceptors (Lipinski definition) is 5. The van der Waals surface area contributed by atoms with Crippen LogP contribution in [0.2, 0.25) is 5.02 Å². The van der Waals surface area contributed by atoms with Crippen molar-refractivity contribution >= 4 is 28.7 Å². The number of halogens is 2. The van der Waals surface area contributed by atoms with E-state index in [4.69, 9.17) is 16.3 Å². The van der Waals surface area contributed by atoms with Gasteiger partial charge in [-0.3, -0.25) is 4.79 Å². The summed E-state index contributed by atoms with van der Waals surface area (Å²) >= 11 is 6.40. The summed E-state index contributed by atoms with van der Waals surface area (Å²) in [6.45, 7) is 3.58. The molecule has 1 saturated heterocycles. The molecule has 0 aliphatic carbocycles. The Morgan fingerprint density at radius 1 is 1.19 bits per heavy atom. The standard InChI is InChI=1S/C24H26ClFN4O2/c1-16(17-4-3-13-32-15-17)28-22-14-27-30(24(31)23(22)25)21-11-9-20(10-12-21)29(2)19-7-5-18(26)6-8-19/h5-12,14,16-17,28H,3-4,13,15H2,1-2H3/t16-,17-/m0/s1. The van der Waals surface area contributed by atoms with Crippen LogP contribution in [0, 0.1) is 11.7 Å². The Hall–Kier alpha value is -2.90. The van der Waals surface area contributed by atoms with Crippen LogP contribution in [0.1, 0.15) is 19.8 Å². The van der Waals surface area contributed by atoms with Crippen molar-refractivity contribution in [3.8, 4) is 5.69 Å². The molecule has 2 aromatic carbocycles. The van der Waals surface area contributed by atoms with Crippen molar-refractivity contribution in [3.05, 3.63) is 75.9 Å². The maximum absolute atomic E-state index is 13.2. The lowest BCUT2D eigenvalue weighted by atomic mass is 9.95. The van der Waals surface area contributed by atoms with Crippen molar-refractivity contribution in [1.29, 1.82) is 0 Å². The highest BCUT2D eigenvalue weighted by atomic mass is 35.5. The average molecular weight is 457 g/mol. The van der Waals surface area contributed by atoms with Crippen molar-refractivity contribution in [3.63, 3.8) is 0 Å². The van der Waals surface area contributed by atoms with Crippen LogP contribution < -0.4 is 15.8 Å². The fraction of sp³-hybridized carbons (Fsp3) is 0.333. The van der Waals surface area contributed by atoms with Gasteiger partial charge in [0.2, 0.25) is 0 Å². The fourth-order valence-corrected chi connectivity index (χ4v) is 4.06. The molecule has 0 radical (unpaired) electrons. The maximum atomic E-state index is 13.2. The molecule has 0 spiro atoms. The van der Waals surface area contributed by atoms with Crippen molar-refractivity contribution in [1.82, 2.24) is 9.78 Å². The first-order valence-corrected chi connectivity index (χ1v) is 11.0. The topological polar surface area (TPSA) is 59.4 Å². The minimum absolute atomic E-state index is 0.107. The zero-order valence-electron chi connectivity index (χ0n) is 18.1. The fourth-order valence-electron chi connectivity index (χ4n) is 3.87. The molecule has 1 aliphatic rings. The van der Waals surface area contributed by atoms with E-state index >= 15 is 0 Å². The van der Waals surface area contributed by atoms with Crippen LogP contribution in [0.3, 0.4) is 0 Å². The number of ether oxygens (including phenoxy) is 1. The number of nitrogens with one attached hydrogen (secondary N) is 1. The van der Waals surface area contributed by atoms with Gasteiger partial charge in [0.25, 0.3) is 5.56 Å². The van der Waals surface area contributed by atoms with Crippen LogP contribution in [0.4, 0.5) is 21.5 Å². The zero-order chi connectivity index (χ0) is 22.7. The summed E-state index contributed by atoms with van der Waals surface area (Å²) in [6.07, 6.45) is 3.70. The Bertz CT molecular complexity index is 1110. The van der Waals surface area contributed by atoms with E-state index in [1.165, 1.54) is 16.8 Å². The molecule has 0 saturated carbocycles. The predicted molar refractivity (Wildman–Crippen MR) is 126 cm³/mol. The first-order chi connectivity index (χ1) is 15.4. The molecule has 0 bridgehead atoms. The van der Waals surface area contributed by atoms with Crippen LogP contribution in [0.25, 0.3) is 5.69 Å². The molecule has 1 aromatic heterocycles. The Morgan fingerprint density at radius 3 is 2.47 bits per heavy atom. The van der Waals surface area contributed by atoms with Crippen LogP contribution in [0.15, 0.2) is 59.5 Å². The highest BCUT2D eigenvalue weighted by Gasteiger charge is 2.22. The Morgan fingerprint density at radius 2 is 1.84 bits per heavy atom. The maximum Gasteiger partial charge on any atom is 0.292 e. The van der Waals surface area contributed by atoms with E-state index in [9.17, 15) is 9.18 Å². The summed E-state index contributed by atoms with van der Waals surface area (Å²) in [6, 6.07) is 13.7. The van der Waals surface area contributed by atoms with Gasteiger partial charge in [0.15, 0.2) is 0 Å². The van der Waals surface area contributed by atoms with E-state index in [0.717, 1.165) is 30.8 Å². The molecule has 8 heteroatoms. The van der Waals surface area contributed by atoms with Gasteiger partial charge < -0.3 is 15.0 Å². The van der Waals surface area contributed by atoms with Gasteiger partial charge in [-0.1, -0.05) is 11.6 Å². The first-order valence-electron chi connectivity index (χ1n) is 10.7. The Kier molecular flexibility index (Phi) is 6.77. The largest absolute Gasteiger partial charge is 0.381 e. The molecule has 0 amide bonds. The monoisotopic (exact) mass is 456 g/mol. The molecule has 1 fully saturated rings. The molecule has 3 aromatic rings. The minimum atomic E-state index is -0.386. The second kappa shape index (κ2) is 9.71. The van der Waals surface area contributed by atoms with Gasteiger partial charge in [0, 0.05) is 37.0 Å². The van der Waals surface area contributed by atoms with Crippen molar-refractivity contribution in [2.24, 2.45) is 5.92 Å². The normalized spacial score (nSPS) is 17.1. The van der Waals surface area contributed by atoms with E-state index in [-0.39, 0.29) is 22.4 Å². The Labute approximate surface area is 191 Å². The third-order valence-corrected chi connectivity index (χ3v) is 6.27. The molecule has 0 unspecified atom stereocenters. The van der Waals surface area contributed by atoms with Gasteiger partial charge in [-0.15, -0.1) is 0 Å². The summed E-state index contributed by atoms with van der Waals surface area (Å²) in [5, 5.41) is 7.75. The van der Waals surface area contributed by atoms with Crippen molar-refractivity contribution in [2.75, 3.05) is 30.5 Å². The number of aromatic nitrogens is 2. The molecule has 1 N–H and O–H groups in total. The van der Waals surface area contributed by atoms with Crippen LogP contribution in [0.5, 0.6) is 0 Å². The molecule has 168 valence electrons. The summed E-state index contributed by atoms with van der Waals surface area (Å²) in [5.41, 5.74) is 2.49. The highest BCUT2D eigenvalue weighted by Crippen LogP contribution is 2.26. The van der Waals surface area contributed by atoms with Gasteiger partial charge >= 0.3 is 0 Å². The number of benzene rings is 2. The first kappa shape index (κ1) is 22.3. The van der Waals surface area contributed by atoms with Gasteiger partial charge in [-0.25, -0.2) is 4.39 Å². The van der Waals surface area contributed by atoms with Crippen LogP contribution in [-0.2, 0) is 4.74 Å². The lowest BCUT2D eigenvalue weighted by molar-refractivity contribution is 0.0496. The molecule has 1 aliphatic heterocycles. The second-order valence-corrected chi connectivity index (χ2v) is 8.43. The van der Waals surface area contributed by atoms with Gasteiger partial charge in [-0.05, 0) is 68.3 Å². The lowest BCUT2D eigenvalue weighted by Crippen LogP contribution is -2.33. The molecular formula is C24H26ClFN4O2. The summed E-state index contributed by atoms with van der Waals surface area (Å²) in [5.74, 6) is 0.0899. The molecular weight excluding hydrogens is 431 g/mol. The van der Waals surface area contributed by atoms with Crippen LogP contribution in [-0.4, -0.2) is 36.1 Å². The molecule has 4 rings (SSSR count). The summed E-state index contributed by atoms with van der Waals surface area (Å²) in [4.78, 5) is 14.8. The minimum Gasteiger partial charge on any atom is -0.381 e. The van der Waals surface area contributed by atoms with E-state index < -0.39 is 0 Å². The zero-order valence-corrected chi connectivity index (χ0v) is 18.8. The van der Waals surface area contributed by atoms with Crippen molar-refractivity contribution in [2.45, 2.75) is 25.8 Å². The van der Waals surface area contributed by atoms with Gasteiger partial charge in [0.1, 0.15) is 10.8 Å². The Balaban J connectivity index is 1.51. The highest BCUT2D eigenvalue weighted by molar-refractivity contribution is 6.33. The molecule has 2 heterocycles. The smallest absolute Gasteiger partial charge is 0.292 e. The third kappa shape index (κ3) is 4.79. The lowest BCUT2D eigenvalue weighted by Gasteiger charge is -2.29. The predicted octanol–water partition coefficient (Wildman–Crippen LogP) is 5.02. The van der Waals surface area contributed by atoms with E-state index in [2.05, 4.69) is 17.3 Å². The number of hydrogen-bond donors (Lipinski definition) is 1. The van der Waals surface area contributed by atoms with E-state index in [0.29, 0.717) is 23.9 Å². The van der Waals surface area contributed by atoms with Gasteiger partial charge in [0.05, 0.1) is 24.2 Å². The van der Waals surface area contributed by atoms with Crippen molar-refractivity contribution < 1.29 is 9.13 Å².